The molecule has 0 aromatic heterocycles. The van der Waals surface area contributed by atoms with E-state index in [0.717, 1.165) is 0 Å². The minimum Gasteiger partial charge on any atom is -0.382 e. The highest BCUT2D eigenvalue weighted by atomic mass is 19.1. The second-order valence-electron chi connectivity index (χ2n) is 4.48. The van der Waals surface area contributed by atoms with Crippen molar-refractivity contribution in [1.29, 1.82) is 0 Å². The lowest BCUT2D eigenvalue weighted by Crippen LogP contribution is -2.36. The molecule has 0 amide bonds. The average molecular weight is 260 g/mol. The Labute approximate surface area is 103 Å². The van der Waals surface area contributed by atoms with Crippen molar-refractivity contribution in [2.45, 2.75) is 19.4 Å². The molecule has 0 aliphatic carbocycles. The van der Waals surface area contributed by atoms with Crippen LogP contribution in [-0.4, -0.2) is 24.2 Å². The van der Waals surface area contributed by atoms with Gasteiger partial charge in [0.2, 0.25) is 0 Å². The van der Waals surface area contributed by atoms with Gasteiger partial charge in [0, 0.05) is 7.11 Å². The zero-order valence-corrected chi connectivity index (χ0v) is 10.3. The number of methoxy groups -OCH3 is 1. The van der Waals surface area contributed by atoms with Gasteiger partial charge in [-0.3, -0.25) is 10.1 Å². The third kappa shape index (κ3) is 3.36. The van der Waals surface area contributed by atoms with Crippen LogP contribution >= 0.6 is 0 Å². The maximum atomic E-state index is 13.6. The fraction of sp³-hybridized carbons (Fsp3) is 0.455. The molecule has 100 valence electrons. The van der Waals surface area contributed by atoms with Gasteiger partial charge >= 0.3 is 0 Å². The number of hydrogen-bond acceptors (Lipinski definition) is 4. The number of non-ortho nitro benzene ring substituents is 1. The largest absolute Gasteiger partial charge is 0.382 e. The van der Waals surface area contributed by atoms with Crippen LogP contribution in [0.5, 0.6) is 0 Å². The summed E-state index contributed by atoms with van der Waals surface area (Å²) in [5, 5.41) is 13.1. The number of nitrogens with one attached hydrogen (secondary N) is 1. The second kappa shape index (κ2) is 5.26. The Bertz CT molecular complexity index is 441. The zero-order valence-electron chi connectivity index (χ0n) is 10.3. The first-order valence-electron chi connectivity index (χ1n) is 5.17. The Balaban J connectivity index is 3.08. The van der Waals surface area contributed by atoms with Crippen LogP contribution in [0.15, 0.2) is 12.1 Å². The fourth-order valence-corrected chi connectivity index (χ4v) is 1.52. The van der Waals surface area contributed by atoms with Crippen molar-refractivity contribution in [2.24, 2.45) is 0 Å². The standard InChI is InChI=1S/C11H14F2N2O3/c1-11(2,6-18-3)14-10-8(12)4-7(15(16)17)5-9(10)13/h4-5,14H,6H2,1-3H3. The summed E-state index contributed by atoms with van der Waals surface area (Å²) in [6.45, 7) is 3.61. The number of benzene rings is 1. The predicted molar refractivity (Wildman–Crippen MR) is 62.6 cm³/mol. The van der Waals surface area contributed by atoms with Crippen molar-refractivity contribution < 1.29 is 18.4 Å². The molecule has 1 aromatic rings. The van der Waals surface area contributed by atoms with Crippen LogP contribution in [-0.2, 0) is 4.74 Å². The van der Waals surface area contributed by atoms with Gasteiger partial charge in [-0.1, -0.05) is 0 Å². The first-order valence-corrected chi connectivity index (χ1v) is 5.17. The first kappa shape index (κ1) is 14.3. The van der Waals surface area contributed by atoms with Gasteiger partial charge in [0.25, 0.3) is 5.69 Å². The molecule has 1 rings (SSSR count). The van der Waals surface area contributed by atoms with Crippen LogP contribution in [0, 0.1) is 21.7 Å². The van der Waals surface area contributed by atoms with Crippen molar-refractivity contribution in [1.82, 2.24) is 0 Å². The molecule has 0 saturated carbocycles. The topological polar surface area (TPSA) is 64.4 Å². The van der Waals surface area contributed by atoms with Crippen LogP contribution in [0.1, 0.15) is 13.8 Å². The van der Waals surface area contributed by atoms with E-state index in [0.29, 0.717) is 12.1 Å². The van der Waals surface area contributed by atoms with E-state index in [4.69, 9.17) is 4.74 Å². The van der Waals surface area contributed by atoms with E-state index in [1.54, 1.807) is 13.8 Å². The molecule has 0 unspecified atom stereocenters. The summed E-state index contributed by atoms with van der Waals surface area (Å²) < 4.78 is 32.1. The van der Waals surface area contributed by atoms with Crippen LogP contribution in [0.2, 0.25) is 0 Å². The smallest absolute Gasteiger partial charge is 0.275 e. The fourth-order valence-electron chi connectivity index (χ4n) is 1.52. The molecule has 0 saturated heterocycles. The lowest BCUT2D eigenvalue weighted by atomic mass is 10.1. The number of hydrogen-bond donors (Lipinski definition) is 1. The monoisotopic (exact) mass is 260 g/mol. The summed E-state index contributed by atoms with van der Waals surface area (Å²) in [6, 6.07) is 1.35. The summed E-state index contributed by atoms with van der Waals surface area (Å²) in [5.41, 5.74) is -1.73. The number of nitro benzene ring substituents is 1. The number of nitrogens with zero attached hydrogens (tertiary/aromatic N) is 1. The van der Waals surface area contributed by atoms with E-state index >= 15 is 0 Å². The number of ether oxygens (including phenoxy) is 1. The van der Waals surface area contributed by atoms with Crippen LogP contribution in [0.25, 0.3) is 0 Å². The van der Waals surface area contributed by atoms with Gasteiger partial charge in [0.15, 0.2) is 11.6 Å². The van der Waals surface area contributed by atoms with Crippen molar-refractivity contribution in [3.8, 4) is 0 Å². The maximum absolute atomic E-state index is 13.6. The highest BCUT2D eigenvalue weighted by Gasteiger charge is 2.23. The van der Waals surface area contributed by atoms with Gasteiger partial charge in [0.1, 0.15) is 5.69 Å². The maximum Gasteiger partial charge on any atom is 0.275 e. The Morgan fingerprint density at radius 3 is 2.28 bits per heavy atom. The van der Waals surface area contributed by atoms with Gasteiger partial charge in [-0.25, -0.2) is 8.78 Å². The number of anilines is 1. The zero-order chi connectivity index (χ0) is 13.9. The summed E-state index contributed by atoms with van der Waals surface area (Å²) in [5.74, 6) is -2.02. The molecular formula is C11H14F2N2O3. The molecule has 0 aliphatic heterocycles. The van der Waals surface area contributed by atoms with E-state index in [1.807, 2.05) is 0 Å². The molecule has 0 atom stereocenters. The molecule has 0 radical (unpaired) electrons. The number of halogens is 2. The lowest BCUT2D eigenvalue weighted by Gasteiger charge is -2.26. The summed E-state index contributed by atoms with van der Waals surface area (Å²) >= 11 is 0. The van der Waals surface area contributed by atoms with Crippen LogP contribution < -0.4 is 5.32 Å². The van der Waals surface area contributed by atoms with Crippen molar-refractivity contribution in [3.05, 3.63) is 33.9 Å². The number of rotatable bonds is 5. The quantitative estimate of drug-likeness (QED) is 0.653. The summed E-state index contributed by atoms with van der Waals surface area (Å²) in [7, 11) is 1.46. The molecule has 0 aliphatic rings. The molecule has 1 N–H and O–H groups in total. The van der Waals surface area contributed by atoms with E-state index in [2.05, 4.69) is 5.32 Å². The Kier molecular flexibility index (Phi) is 4.18. The van der Waals surface area contributed by atoms with E-state index in [1.165, 1.54) is 7.11 Å². The van der Waals surface area contributed by atoms with E-state index in [9.17, 15) is 18.9 Å². The third-order valence-corrected chi connectivity index (χ3v) is 2.21. The molecule has 0 spiro atoms. The molecule has 0 heterocycles. The highest BCUT2D eigenvalue weighted by Crippen LogP contribution is 2.27. The highest BCUT2D eigenvalue weighted by molar-refractivity contribution is 5.53. The van der Waals surface area contributed by atoms with E-state index in [-0.39, 0.29) is 6.61 Å². The SMILES string of the molecule is COCC(C)(C)Nc1c(F)cc([N+](=O)[O-])cc1F. The van der Waals surface area contributed by atoms with Gasteiger partial charge in [0.05, 0.1) is 29.2 Å². The Morgan fingerprint density at radius 2 is 1.89 bits per heavy atom. The first-order chi connectivity index (χ1) is 8.26. The van der Waals surface area contributed by atoms with Crippen molar-refractivity contribution >= 4 is 11.4 Å². The minimum atomic E-state index is -1.01. The minimum absolute atomic E-state index is 0.225. The summed E-state index contributed by atoms with van der Waals surface area (Å²) in [4.78, 5) is 9.59. The predicted octanol–water partition coefficient (Wildman–Crippen LogP) is 2.71. The van der Waals surface area contributed by atoms with Gasteiger partial charge in [-0.05, 0) is 13.8 Å². The molecular weight excluding hydrogens is 246 g/mol. The number of nitro groups is 1. The van der Waals surface area contributed by atoms with Crippen molar-refractivity contribution in [2.75, 3.05) is 19.0 Å². The normalized spacial score (nSPS) is 11.4. The van der Waals surface area contributed by atoms with Gasteiger partial charge < -0.3 is 10.1 Å². The molecule has 1 aromatic carbocycles. The molecule has 0 fully saturated rings. The lowest BCUT2D eigenvalue weighted by molar-refractivity contribution is -0.385. The second-order valence-corrected chi connectivity index (χ2v) is 4.48. The van der Waals surface area contributed by atoms with Crippen LogP contribution in [0.3, 0.4) is 0 Å². The average Bonchev–Trinajstić information content (AvgIpc) is 2.22. The van der Waals surface area contributed by atoms with E-state index < -0.39 is 33.5 Å². The molecule has 7 heteroatoms. The summed E-state index contributed by atoms with van der Waals surface area (Å²) in [6.07, 6.45) is 0. The Morgan fingerprint density at radius 1 is 1.39 bits per heavy atom. The third-order valence-electron chi connectivity index (χ3n) is 2.21. The van der Waals surface area contributed by atoms with Gasteiger partial charge in [-0.2, -0.15) is 0 Å². The van der Waals surface area contributed by atoms with Gasteiger partial charge in [-0.15, -0.1) is 0 Å². The molecule has 18 heavy (non-hydrogen) atoms. The van der Waals surface area contributed by atoms with Crippen LogP contribution in [0.4, 0.5) is 20.2 Å². The van der Waals surface area contributed by atoms with Crippen molar-refractivity contribution in [3.63, 3.8) is 0 Å². The molecule has 0 bridgehead atoms. The Hall–Kier alpha value is -1.76. The molecule has 5 nitrogen and oxygen atoms in total.